The van der Waals surface area contributed by atoms with Crippen LogP contribution >= 0.6 is 0 Å². The predicted molar refractivity (Wildman–Crippen MR) is 63.2 cm³/mol. The Labute approximate surface area is 105 Å². The van der Waals surface area contributed by atoms with E-state index in [0.717, 1.165) is 11.3 Å². The van der Waals surface area contributed by atoms with Crippen molar-refractivity contribution in [2.45, 2.75) is 33.1 Å². The zero-order chi connectivity index (χ0) is 13.8. The quantitative estimate of drug-likeness (QED) is 0.856. The second kappa shape index (κ2) is 6.24. The van der Waals surface area contributed by atoms with E-state index in [1.807, 2.05) is 20.0 Å². The van der Waals surface area contributed by atoms with Crippen molar-refractivity contribution in [3.05, 3.63) is 23.2 Å². The van der Waals surface area contributed by atoms with Crippen LogP contribution in [0, 0.1) is 6.92 Å². The van der Waals surface area contributed by atoms with Crippen LogP contribution in [0.15, 0.2) is 10.5 Å². The van der Waals surface area contributed by atoms with Gasteiger partial charge in [-0.1, -0.05) is 6.92 Å². The summed E-state index contributed by atoms with van der Waals surface area (Å²) in [6, 6.07) is 1.81. The summed E-state index contributed by atoms with van der Waals surface area (Å²) in [4.78, 5) is 1.31. The third kappa shape index (κ3) is 4.70. The Hall–Kier alpha value is -1.01. The Morgan fingerprint density at radius 1 is 1.39 bits per heavy atom. The van der Waals surface area contributed by atoms with Crippen LogP contribution in [0.3, 0.4) is 0 Å². The Kier molecular flexibility index (Phi) is 5.22. The minimum absolute atomic E-state index is 0.181. The third-order valence-electron chi connectivity index (χ3n) is 2.67. The molecule has 1 aromatic rings. The fourth-order valence-corrected chi connectivity index (χ4v) is 1.78. The zero-order valence-electron chi connectivity index (χ0n) is 10.9. The molecule has 0 saturated heterocycles. The molecular weight excluding hydrogens is 245 g/mol. The van der Waals surface area contributed by atoms with Crippen LogP contribution in [-0.4, -0.2) is 31.2 Å². The Morgan fingerprint density at radius 2 is 2.06 bits per heavy atom. The lowest BCUT2D eigenvalue weighted by atomic mass is 10.2. The first kappa shape index (κ1) is 15.0. The maximum atomic E-state index is 12.3. The molecular formula is C12H19F3N2O. The number of furan rings is 1. The number of halogens is 3. The van der Waals surface area contributed by atoms with Gasteiger partial charge in [0.2, 0.25) is 0 Å². The SMILES string of the molecule is CCN(Cc1cc(CNC)c(C)o1)CC(F)(F)F. The lowest BCUT2D eigenvalue weighted by molar-refractivity contribution is -0.147. The standard InChI is InChI=1S/C12H19F3N2O/c1-4-17(8-12(13,14)15)7-11-5-10(6-16-3)9(2)18-11/h5,16H,4,6-8H2,1-3H3. The number of alkyl halides is 3. The van der Waals surface area contributed by atoms with E-state index in [-0.39, 0.29) is 6.54 Å². The van der Waals surface area contributed by atoms with Gasteiger partial charge in [-0.15, -0.1) is 0 Å². The lowest BCUT2D eigenvalue weighted by Gasteiger charge is -2.20. The van der Waals surface area contributed by atoms with Gasteiger partial charge < -0.3 is 9.73 Å². The van der Waals surface area contributed by atoms with E-state index in [0.29, 0.717) is 18.8 Å². The van der Waals surface area contributed by atoms with Crippen molar-refractivity contribution < 1.29 is 17.6 Å². The largest absolute Gasteiger partial charge is 0.465 e. The summed E-state index contributed by atoms with van der Waals surface area (Å²) in [5.74, 6) is 1.33. The molecule has 0 spiro atoms. The second-order valence-electron chi connectivity index (χ2n) is 4.24. The molecule has 0 atom stereocenters. The van der Waals surface area contributed by atoms with Gasteiger partial charge >= 0.3 is 6.18 Å². The molecule has 104 valence electrons. The highest BCUT2D eigenvalue weighted by molar-refractivity contribution is 5.20. The first-order valence-corrected chi connectivity index (χ1v) is 5.87. The average molecular weight is 264 g/mol. The van der Waals surface area contributed by atoms with E-state index in [4.69, 9.17) is 4.42 Å². The molecule has 1 rings (SSSR count). The van der Waals surface area contributed by atoms with Crippen LogP contribution in [0.4, 0.5) is 13.2 Å². The number of hydrogen-bond donors (Lipinski definition) is 1. The van der Waals surface area contributed by atoms with E-state index in [1.165, 1.54) is 4.90 Å². The number of nitrogens with one attached hydrogen (secondary N) is 1. The van der Waals surface area contributed by atoms with Gasteiger partial charge in [-0.05, 0) is 26.6 Å². The lowest BCUT2D eigenvalue weighted by Crippen LogP contribution is -2.33. The van der Waals surface area contributed by atoms with Crippen LogP contribution in [0.25, 0.3) is 0 Å². The number of hydrogen-bond acceptors (Lipinski definition) is 3. The monoisotopic (exact) mass is 264 g/mol. The molecule has 0 fully saturated rings. The zero-order valence-corrected chi connectivity index (χ0v) is 10.9. The molecule has 0 aliphatic rings. The van der Waals surface area contributed by atoms with Gasteiger partial charge in [0.05, 0.1) is 13.1 Å². The molecule has 1 N–H and O–H groups in total. The van der Waals surface area contributed by atoms with Crippen molar-refractivity contribution in [2.75, 3.05) is 20.1 Å². The van der Waals surface area contributed by atoms with Crippen LogP contribution < -0.4 is 5.32 Å². The summed E-state index contributed by atoms with van der Waals surface area (Å²) >= 11 is 0. The molecule has 0 amide bonds. The minimum Gasteiger partial charge on any atom is -0.465 e. The molecule has 0 unspecified atom stereocenters. The van der Waals surface area contributed by atoms with Crippen molar-refractivity contribution in [2.24, 2.45) is 0 Å². The van der Waals surface area contributed by atoms with Crippen LogP contribution in [-0.2, 0) is 13.1 Å². The molecule has 0 aromatic carbocycles. The van der Waals surface area contributed by atoms with Gasteiger partial charge in [-0.3, -0.25) is 4.90 Å². The Balaban J connectivity index is 2.67. The Morgan fingerprint density at radius 3 is 2.56 bits per heavy atom. The number of nitrogens with zero attached hydrogens (tertiary/aromatic N) is 1. The molecule has 1 aromatic heterocycles. The molecule has 0 radical (unpaired) electrons. The first-order chi connectivity index (χ1) is 8.35. The molecule has 0 aliphatic heterocycles. The van der Waals surface area contributed by atoms with Crippen molar-refractivity contribution in [1.82, 2.24) is 10.2 Å². The summed E-state index contributed by atoms with van der Waals surface area (Å²) in [6.07, 6.45) is -4.18. The van der Waals surface area contributed by atoms with Crippen molar-refractivity contribution in [3.8, 4) is 0 Å². The van der Waals surface area contributed by atoms with Gasteiger partial charge in [-0.2, -0.15) is 13.2 Å². The van der Waals surface area contributed by atoms with Crippen molar-refractivity contribution in [3.63, 3.8) is 0 Å². The van der Waals surface area contributed by atoms with Gasteiger partial charge in [-0.25, -0.2) is 0 Å². The molecule has 6 heteroatoms. The highest BCUT2D eigenvalue weighted by Gasteiger charge is 2.30. The molecule has 0 saturated carbocycles. The van der Waals surface area contributed by atoms with Gasteiger partial charge in [0.25, 0.3) is 0 Å². The van der Waals surface area contributed by atoms with Crippen molar-refractivity contribution in [1.29, 1.82) is 0 Å². The van der Waals surface area contributed by atoms with Crippen LogP contribution in [0.2, 0.25) is 0 Å². The smallest absolute Gasteiger partial charge is 0.401 e. The average Bonchev–Trinajstić information content (AvgIpc) is 2.57. The molecule has 1 heterocycles. The highest BCUT2D eigenvalue weighted by Crippen LogP contribution is 2.20. The number of rotatable bonds is 6. The molecule has 0 aliphatic carbocycles. The fourth-order valence-electron chi connectivity index (χ4n) is 1.78. The van der Waals surface area contributed by atoms with Gasteiger partial charge in [0.1, 0.15) is 11.5 Å². The fraction of sp³-hybridized carbons (Fsp3) is 0.667. The van der Waals surface area contributed by atoms with Gasteiger partial charge in [0, 0.05) is 12.1 Å². The summed E-state index contributed by atoms with van der Waals surface area (Å²) in [7, 11) is 1.81. The normalized spacial score (nSPS) is 12.4. The summed E-state index contributed by atoms with van der Waals surface area (Å²) in [6.45, 7) is 3.78. The van der Waals surface area contributed by atoms with Gasteiger partial charge in [0.15, 0.2) is 0 Å². The van der Waals surface area contributed by atoms with E-state index in [9.17, 15) is 13.2 Å². The van der Waals surface area contributed by atoms with E-state index >= 15 is 0 Å². The maximum absolute atomic E-state index is 12.3. The highest BCUT2D eigenvalue weighted by atomic mass is 19.4. The van der Waals surface area contributed by atoms with Crippen LogP contribution in [0.5, 0.6) is 0 Å². The van der Waals surface area contributed by atoms with Crippen LogP contribution in [0.1, 0.15) is 24.0 Å². The summed E-state index contributed by atoms with van der Waals surface area (Å²) < 4.78 is 42.4. The minimum atomic E-state index is -4.18. The first-order valence-electron chi connectivity index (χ1n) is 5.87. The van der Waals surface area contributed by atoms with E-state index in [1.54, 1.807) is 6.92 Å². The molecule has 3 nitrogen and oxygen atoms in total. The van der Waals surface area contributed by atoms with E-state index < -0.39 is 12.7 Å². The number of aryl methyl sites for hydroxylation is 1. The second-order valence-corrected chi connectivity index (χ2v) is 4.24. The third-order valence-corrected chi connectivity index (χ3v) is 2.67. The van der Waals surface area contributed by atoms with E-state index in [2.05, 4.69) is 5.32 Å². The summed E-state index contributed by atoms with van der Waals surface area (Å²) in [5.41, 5.74) is 0.982. The van der Waals surface area contributed by atoms with Crippen molar-refractivity contribution >= 4 is 0 Å². The molecule has 18 heavy (non-hydrogen) atoms. The predicted octanol–water partition coefficient (Wildman–Crippen LogP) is 2.69. The Bertz CT molecular complexity index is 374. The molecule has 0 bridgehead atoms. The topological polar surface area (TPSA) is 28.4 Å². The maximum Gasteiger partial charge on any atom is 0.401 e. The summed E-state index contributed by atoms with van der Waals surface area (Å²) in [5, 5.41) is 2.99.